The van der Waals surface area contributed by atoms with E-state index in [2.05, 4.69) is 20.9 Å². The summed E-state index contributed by atoms with van der Waals surface area (Å²) in [6.45, 7) is 7.08. The van der Waals surface area contributed by atoms with E-state index in [1.807, 2.05) is 67.3 Å². The van der Waals surface area contributed by atoms with Crippen molar-refractivity contribution in [3.05, 3.63) is 48.5 Å². The van der Waals surface area contributed by atoms with Crippen LogP contribution in [0.4, 0.5) is 21.9 Å². The van der Waals surface area contributed by atoms with E-state index in [0.29, 0.717) is 19.6 Å². The van der Waals surface area contributed by atoms with E-state index in [0.717, 1.165) is 35.9 Å². The molecule has 166 valence electrons. The van der Waals surface area contributed by atoms with Gasteiger partial charge in [0.15, 0.2) is 0 Å². The second-order valence-electron chi connectivity index (χ2n) is 7.76. The van der Waals surface area contributed by atoms with Crippen LogP contribution in [-0.2, 0) is 4.79 Å². The normalized spacial score (nSPS) is 13.8. The smallest absolute Gasteiger partial charge is 0.321 e. The Hall–Kier alpha value is -3.26. The molecule has 0 bridgehead atoms. The Balaban J connectivity index is 1.46. The molecule has 1 aliphatic heterocycles. The summed E-state index contributed by atoms with van der Waals surface area (Å²) < 4.78 is 5.14. The Kier molecular flexibility index (Phi) is 7.72. The van der Waals surface area contributed by atoms with E-state index >= 15 is 0 Å². The molecule has 3 rings (SSSR count). The van der Waals surface area contributed by atoms with Crippen LogP contribution in [0.15, 0.2) is 48.5 Å². The molecule has 2 aromatic rings. The van der Waals surface area contributed by atoms with Gasteiger partial charge in [0.05, 0.1) is 13.7 Å². The van der Waals surface area contributed by atoms with Gasteiger partial charge in [-0.05, 0) is 48.5 Å². The predicted molar refractivity (Wildman–Crippen MR) is 124 cm³/mol. The lowest BCUT2D eigenvalue weighted by Crippen LogP contribution is -2.50. The van der Waals surface area contributed by atoms with Crippen LogP contribution in [-0.4, -0.2) is 62.7 Å². The molecule has 0 atom stereocenters. The van der Waals surface area contributed by atoms with Gasteiger partial charge < -0.3 is 30.5 Å². The van der Waals surface area contributed by atoms with Crippen molar-refractivity contribution in [3.63, 3.8) is 0 Å². The van der Waals surface area contributed by atoms with Gasteiger partial charge in [-0.15, -0.1) is 0 Å². The molecule has 8 heteroatoms. The number of anilines is 3. The minimum atomic E-state index is -0.0992. The maximum atomic E-state index is 12.5. The van der Waals surface area contributed by atoms with Crippen molar-refractivity contribution in [2.24, 2.45) is 0 Å². The third-order valence-corrected chi connectivity index (χ3v) is 5.10. The van der Waals surface area contributed by atoms with Crippen molar-refractivity contribution in [2.45, 2.75) is 19.9 Å². The van der Waals surface area contributed by atoms with E-state index in [9.17, 15) is 9.59 Å². The summed E-state index contributed by atoms with van der Waals surface area (Å²) in [4.78, 5) is 28.5. The molecule has 1 fully saturated rings. The van der Waals surface area contributed by atoms with E-state index in [1.54, 1.807) is 7.11 Å². The Morgan fingerprint density at radius 3 is 2.06 bits per heavy atom. The fraction of sp³-hybridized carbons (Fsp3) is 0.391. The van der Waals surface area contributed by atoms with Crippen molar-refractivity contribution < 1.29 is 14.3 Å². The van der Waals surface area contributed by atoms with Crippen molar-refractivity contribution in [3.8, 4) is 5.75 Å². The van der Waals surface area contributed by atoms with Gasteiger partial charge in [-0.25, -0.2) is 4.79 Å². The van der Waals surface area contributed by atoms with Crippen molar-refractivity contribution in [1.82, 2.24) is 10.2 Å². The van der Waals surface area contributed by atoms with Gasteiger partial charge in [0.1, 0.15) is 5.75 Å². The number of urea groups is 1. The maximum Gasteiger partial charge on any atom is 0.321 e. The monoisotopic (exact) mass is 425 g/mol. The lowest BCUT2D eigenvalue weighted by Gasteiger charge is -2.36. The maximum absolute atomic E-state index is 12.5. The molecule has 0 aliphatic carbocycles. The summed E-state index contributed by atoms with van der Waals surface area (Å²) in [6, 6.07) is 15.3. The largest absolute Gasteiger partial charge is 0.497 e. The summed E-state index contributed by atoms with van der Waals surface area (Å²) in [5.74, 6) is 0.697. The molecule has 3 N–H and O–H groups in total. The molecule has 0 aromatic heterocycles. The van der Waals surface area contributed by atoms with Crippen LogP contribution in [0, 0.1) is 0 Å². The SMILES string of the molecule is COc1ccc(NC(=O)N2CCN(c3ccc(NC(=O)CNC(C)C)cc3)CC2)cc1. The highest BCUT2D eigenvalue weighted by Gasteiger charge is 2.21. The lowest BCUT2D eigenvalue weighted by atomic mass is 10.2. The highest BCUT2D eigenvalue weighted by molar-refractivity contribution is 5.92. The Morgan fingerprint density at radius 1 is 0.903 bits per heavy atom. The molecule has 3 amide bonds. The molecular formula is C23H31N5O3. The summed E-state index contributed by atoms with van der Waals surface area (Å²) >= 11 is 0. The topological polar surface area (TPSA) is 85.9 Å². The first-order chi connectivity index (χ1) is 14.9. The minimum Gasteiger partial charge on any atom is -0.497 e. The van der Waals surface area contributed by atoms with Crippen LogP contribution in [0.2, 0.25) is 0 Å². The summed E-state index contributed by atoms with van der Waals surface area (Å²) in [6.07, 6.45) is 0. The van der Waals surface area contributed by atoms with Gasteiger partial charge in [-0.1, -0.05) is 13.8 Å². The zero-order valence-corrected chi connectivity index (χ0v) is 18.4. The first-order valence-corrected chi connectivity index (χ1v) is 10.5. The summed E-state index contributed by atoms with van der Waals surface area (Å²) in [5.41, 5.74) is 2.60. The third kappa shape index (κ3) is 6.62. The van der Waals surface area contributed by atoms with Crippen LogP contribution in [0.25, 0.3) is 0 Å². The van der Waals surface area contributed by atoms with E-state index < -0.39 is 0 Å². The number of piperazine rings is 1. The van der Waals surface area contributed by atoms with Gasteiger partial charge in [0.2, 0.25) is 5.91 Å². The molecule has 1 saturated heterocycles. The number of nitrogens with one attached hydrogen (secondary N) is 3. The number of benzene rings is 2. The molecule has 0 unspecified atom stereocenters. The summed E-state index contributed by atoms with van der Waals surface area (Å²) in [7, 11) is 1.61. The average Bonchev–Trinajstić information content (AvgIpc) is 2.79. The molecule has 0 spiro atoms. The van der Waals surface area contributed by atoms with Crippen molar-refractivity contribution >= 4 is 29.0 Å². The van der Waals surface area contributed by atoms with Crippen molar-refractivity contribution in [1.29, 1.82) is 0 Å². The second kappa shape index (κ2) is 10.7. The number of hydrogen-bond acceptors (Lipinski definition) is 5. The number of hydrogen-bond donors (Lipinski definition) is 3. The standard InChI is InChI=1S/C23H31N5O3/c1-17(2)24-16-22(29)25-18-4-8-20(9-5-18)27-12-14-28(15-13-27)23(30)26-19-6-10-21(31-3)11-7-19/h4-11,17,24H,12-16H2,1-3H3,(H,25,29)(H,26,30). The molecule has 0 radical (unpaired) electrons. The third-order valence-electron chi connectivity index (χ3n) is 5.10. The number of carbonyl (C=O) groups excluding carboxylic acids is 2. The quantitative estimate of drug-likeness (QED) is 0.635. The van der Waals surface area contributed by atoms with Gasteiger partial charge in [0.25, 0.3) is 0 Å². The average molecular weight is 426 g/mol. The van der Waals surface area contributed by atoms with Crippen LogP contribution in [0.5, 0.6) is 5.75 Å². The van der Waals surface area contributed by atoms with Gasteiger partial charge in [-0.3, -0.25) is 4.79 Å². The number of carbonyl (C=O) groups is 2. The minimum absolute atomic E-state index is 0.0575. The number of amides is 3. The lowest BCUT2D eigenvalue weighted by molar-refractivity contribution is -0.115. The highest BCUT2D eigenvalue weighted by atomic mass is 16.5. The first-order valence-electron chi connectivity index (χ1n) is 10.5. The van der Waals surface area contributed by atoms with Crippen molar-refractivity contribution in [2.75, 3.05) is 55.4 Å². The molecule has 0 saturated carbocycles. The Bertz CT molecular complexity index is 860. The zero-order chi connectivity index (χ0) is 22.2. The summed E-state index contributed by atoms with van der Waals surface area (Å²) in [5, 5.41) is 8.92. The second-order valence-corrected chi connectivity index (χ2v) is 7.76. The first kappa shape index (κ1) is 22.4. The predicted octanol–water partition coefficient (Wildman–Crippen LogP) is 2.99. The van der Waals surface area contributed by atoms with E-state index in [4.69, 9.17) is 4.74 Å². The van der Waals surface area contributed by atoms with Crippen LogP contribution < -0.4 is 25.6 Å². The Morgan fingerprint density at radius 2 is 1.48 bits per heavy atom. The van der Waals surface area contributed by atoms with Gasteiger partial charge in [0, 0.05) is 49.3 Å². The fourth-order valence-electron chi connectivity index (χ4n) is 3.30. The number of rotatable bonds is 7. The number of nitrogens with zero attached hydrogens (tertiary/aromatic N) is 2. The van der Waals surface area contributed by atoms with Crippen LogP contribution in [0.3, 0.4) is 0 Å². The van der Waals surface area contributed by atoms with E-state index in [1.165, 1.54) is 0 Å². The van der Waals surface area contributed by atoms with Gasteiger partial charge >= 0.3 is 6.03 Å². The molecular weight excluding hydrogens is 394 g/mol. The highest BCUT2D eigenvalue weighted by Crippen LogP contribution is 2.20. The van der Waals surface area contributed by atoms with Crippen LogP contribution >= 0.6 is 0 Å². The zero-order valence-electron chi connectivity index (χ0n) is 18.4. The molecule has 31 heavy (non-hydrogen) atoms. The van der Waals surface area contributed by atoms with E-state index in [-0.39, 0.29) is 18.0 Å². The molecule has 8 nitrogen and oxygen atoms in total. The molecule has 1 heterocycles. The number of methoxy groups -OCH3 is 1. The number of ether oxygens (including phenoxy) is 1. The molecule has 1 aliphatic rings. The Labute approximate surface area is 183 Å². The fourth-order valence-corrected chi connectivity index (χ4v) is 3.30. The molecule has 2 aromatic carbocycles. The van der Waals surface area contributed by atoms with Crippen LogP contribution in [0.1, 0.15) is 13.8 Å². The van der Waals surface area contributed by atoms with Gasteiger partial charge in [-0.2, -0.15) is 0 Å².